The summed E-state index contributed by atoms with van der Waals surface area (Å²) in [5.74, 6) is -0.309. The van der Waals surface area contributed by atoms with Crippen molar-refractivity contribution in [1.82, 2.24) is 5.32 Å². The third-order valence-electron chi connectivity index (χ3n) is 3.23. The number of aliphatic hydroxyl groups is 1. The van der Waals surface area contributed by atoms with E-state index in [-0.39, 0.29) is 24.0 Å². The number of carbonyl (C=O) groups is 1. The summed E-state index contributed by atoms with van der Waals surface area (Å²) in [6, 6.07) is 9.34. The molecule has 1 amide bonds. The van der Waals surface area contributed by atoms with E-state index in [4.69, 9.17) is 10.8 Å². The first-order valence-electron chi connectivity index (χ1n) is 6.78. The van der Waals surface area contributed by atoms with Crippen molar-refractivity contribution in [3.63, 3.8) is 0 Å². The van der Waals surface area contributed by atoms with Crippen molar-refractivity contribution in [3.8, 4) is 0 Å². The van der Waals surface area contributed by atoms with E-state index >= 15 is 0 Å². The first kappa shape index (κ1) is 15.7. The third-order valence-corrected chi connectivity index (χ3v) is 3.23. The summed E-state index contributed by atoms with van der Waals surface area (Å²) < 4.78 is 0. The first-order chi connectivity index (χ1) is 9.02. The Balaban J connectivity index is 2.40. The standard InChI is InChI=1S/C15H24N2O2/c1-11(18)7-6-10-17-15(19)12(2)14(16)13-8-4-3-5-9-13/h3-5,8-9,11-12,14,18H,6-7,10,16H2,1-2H3,(H,17,19). The number of carbonyl (C=O) groups excluding carboxylic acids is 1. The van der Waals surface area contributed by atoms with Crippen molar-refractivity contribution in [1.29, 1.82) is 0 Å². The summed E-state index contributed by atoms with van der Waals surface area (Å²) in [5, 5.41) is 12.0. The predicted octanol–water partition coefficient (Wildman–Crippen LogP) is 1.60. The second kappa shape index (κ2) is 7.92. The van der Waals surface area contributed by atoms with E-state index in [2.05, 4.69) is 5.32 Å². The molecule has 4 N–H and O–H groups in total. The second-order valence-corrected chi connectivity index (χ2v) is 5.01. The van der Waals surface area contributed by atoms with Gasteiger partial charge in [-0.15, -0.1) is 0 Å². The molecule has 0 heterocycles. The van der Waals surface area contributed by atoms with Crippen LogP contribution in [0.15, 0.2) is 30.3 Å². The van der Waals surface area contributed by atoms with Crippen LogP contribution in [-0.2, 0) is 4.79 Å². The van der Waals surface area contributed by atoms with Gasteiger partial charge in [-0.1, -0.05) is 37.3 Å². The van der Waals surface area contributed by atoms with Gasteiger partial charge in [0.2, 0.25) is 5.91 Å². The Hall–Kier alpha value is -1.39. The summed E-state index contributed by atoms with van der Waals surface area (Å²) in [4.78, 5) is 11.9. The minimum absolute atomic E-state index is 0.0399. The highest BCUT2D eigenvalue weighted by Crippen LogP contribution is 2.18. The molecule has 0 spiro atoms. The maximum absolute atomic E-state index is 11.9. The molecule has 0 aliphatic rings. The second-order valence-electron chi connectivity index (χ2n) is 5.01. The van der Waals surface area contributed by atoms with E-state index in [0.29, 0.717) is 13.0 Å². The van der Waals surface area contributed by atoms with Gasteiger partial charge in [-0.2, -0.15) is 0 Å². The molecule has 3 atom stereocenters. The van der Waals surface area contributed by atoms with Gasteiger partial charge in [-0.3, -0.25) is 4.79 Å². The van der Waals surface area contributed by atoms with Gasteiger partial charge >= 0.3 is 0 Å². The fourth-order valence-electron chi connectivity index (χ4n) is 1.90. The van der Waals surface area contributed by atoms with Crippen molar-refractivity contribution < 1.29 is 9.90 Å². The fourth-order valence-corrected chi connectivity index (χ4v) is 1.90. The number of hydrogen-bond donors (Lipinski definition) is 3. The van der Waals surface area contributed by atoms with E-state index in [1.165, 1.54) is 0 Å². The number of hydrogen-bond acceptors (Lipinski definition) is 3. The van der Waals surface area contributed by atoms with Crippen LogP contribution in [0.5, 0.6) is 0 Å². The molecule has 1 aromatic carbocycles. The molecule has 3 unspecified atom stereocenters. The summed E-state index contributed by atoms with van der Waals surface area (Å²) in [5.41, 5.74) is 7.06. The summed E-state index contributed by atoms with van der Waals surface area (Å²) in [6.45, 7) is 4.16. The normalized spacial score (nSPS) is 15.6. The lowest BCUT2D eigenvalue weighted by molar-refractivity contribution is -0.125. The SMILES string of the molecule is CC(O)CCCNC(=O)C(C)C(N)c1ccccc1. The van der Waals surface area contributed by atoms with E-state index in [1.807, 2.05) is 37.3 Å². The van der Waals surface area contributed by atoms with Crippen LogP contribution in [0.2, 0.25) is 0 Å². The summed E-state index contributed by atoms with van der Waals surface area (Å²) >= 11 is 0. The van der Waals surface area contributed by atoms with Gasteiger partial charge in [0.1, 0.15) is 0 Å². The van der Waals surface area contributed by atoms with Gasteiger partial charge < -0.3 is 16.2 Å². The lowest BCUT2D eigenvalue weighted by Crippen LogP contribution is -2.36. The highest BCUT2D eigenvalue weighted by Gasteiger charge is 2.21. The Bertz CT molecular complexity index is 379. The van der Waals surface area contributed by atoms with Crippen LogP contribution >= 0.6 is 0 Å². The Morgan fingerprint density at radius 3 is 2.53 bits per heavy atom. The van der Waals surface area contributed by atoms with E-state index in [1.54, 1.807) is 6.92 Å². The number of amides is 1. The van der Waals surface area contributed by atoms with Crippen molar-refractivity contribution in [2.45, 2.75) is 38.8 Å². The molecule has 0 bridgehead atoms. The highest BCUT2D eigenvalue weighted by atomic mass is 16.3. The molecule has 0 saturated carbocycles. The largest absolute Gasteiger partial charge is 0.393 e. The van der Waals surface area contributed by atoms with Gasteiger partial charge in [0.05, 0.1) is 12.0 Å². The highest BCUT2D eigenvalue weighted by molar-refractivity contribution is 5.79. The van der Waals surface area contributed by atoms with Crippen molar-refractivity contribution in [2.75, 3.05) is 6.54 Å². The molecule has 0 radical (unpaired) electrons. The van der Waals surface area contributed by atoms with Gasteiger partial charge in [0.15, 0.2) is 0 Å². The average Bonchev–Trinajstić information content (AvgIpc) is 2.42. The summed E-state index contributed by atoms with van der Waals surface area (Å²) in [7, 11) is 0. The molecule has 4 nitrogen and oxygen atoms in total. The minimum atomic E-state index is -0.319. The topological polar surface area (TPSA) is 75.3 Å². The third kappa shape index (κ3) is 5.41. The van der Waals surface area contributed by atoms with Crippen LogP contribution in [0.3, 0.4) is 0 Å². The average molecular weight is 264 g/mol. The van der Waals surface area contributed by atoms with Gasteiger partial charge in [0, 0.05) is 12.6 Å². The number of aliphatic hydroxyl groups excluding tert-OH is 1. The van der Waals surface area contributed by atoms with Gasteiger partial charge in [-0.05, 0) is 25.3 Å². The van der Waals surface area contributed by atoms with Crippen molar-refractivity contribution in [3.05, 3.63) is 35.9 Å². The van der Waals surface area contributed by atoms with Gasteiger partial charge in [-0.25, -0.2) is 0 Å². The molecule has 1 aromatic rings. The Kier molecular flexibility index (Phi) is 6.53. The summed E-state index contributed by atoms with van der Waals surface area (Å²) in [6.07, 6.45) is 1.15. The monoisotopic (exact) mass is 264 g/mol. The zero-order valence-corrected chi connectivity index (χ0v) is 11.7. The van der Waals surface area contributed by atoms with E-state index < -0.39 is 0 Å². The van der Waals surface area contributed by atoms with Crippen molar-refractivity contribution in [2.24, 2.45) is 11.7 Å². The van der Waals surface area contributed by atoms with E-state index in [9.17, 15) is 4.79 Å². The van der Waals surface area contributed by atoms with Crippen LogP contribution in [0.25, 0.3) is 0 Å². The van der Waals surface area contributed by atoms with Crippen LogP contribution in [0, 0.1) is 5.92 Å². The minimum Gasteiger partial charge on any atom is -0.393 e. The Morgan fingerprint density at radius 1 is 1.32 bits per heavy atom. The molecule has 1 rings (SSSR count). The molecule has 0 aliphatic carbocycles. The molecular weight excluding hydrogens is 240 g/mol. The molecule has 0 aromatic heterocycles. The Labute approximate surface area is 115 Å². The number of benzene rings is 1. The van der Waals surface area contributed by atoms with E-state index in [0.717, 1.165) is 12.0 Å². The molecule has 0 aliphatic heterocycles. The van der Waals surface area contributed by atoms with Crippen LogP contribution < -0.4 is 11.1 Å². The molecular formula is C15H24N2O2. The van der Waals surface area contributed by atoms with Crippen LogP contribution in [0.1, 0.15) is 38.3 Å². The molecule has 0 saturated heterocycles. The Morgan fingerprint density at radius 2 is 1.95 bits per heavy atom. The predicted molar refractivity (Wildman–Crippen MR) is 76.5 cm³/mol. The first-order valence-corrected chi connectivity index (χ1v) is 6.78. The molecule has 19 heavy (non-hydrogen) atoms. The van der Waals surface area contributed by atoms with Crippen LogP contribution in [-0.4, -0.2) is 23.7 Å². The molecule has 106 valence electrons. The molecule has 0 fully saturated rings. The molecule has 4 heteroatoms. The fraction of sp³-hybridized carbons (Fsp3) is 0.533. The van der Waals surface area contributed by atoms with Crippen LogP contribution in [0.4, 0.5) is 0 Å². The maximum atomic E-state index is 11.9. The number of nitrogens with one attached hydrogen (secondary N) is 1. The van der Waals surface area contributed by atoms with Gasteiger partial charge in [0.25, 0.3) is 0 Å². The number of nitrogens with two attached hydrogens (primary N) is 1. The zero-order chi connectivity index (χ0) is 14.3. The maximum Gasteiger partial charge on any atom is 0.224 e. The van der Waals surface area contributed by atoms with Crippen molar-refractivity contribution >= 4 is 5.91 Å². The lowest BCUT2D eigenvalue weighted by Gasteiger charge is -2.19. The lowest BCUT2D eigenvalue weighted by atomic mass is 9.94. The smallest absolute Gasteiger partial charge is 0.224 e. The number of rotatable bonds is 7. The quantitative estimate of drug-likeness (QED) is 0.655. The zero-order valence-electron chi connectivity index (χ0n) is 11.7.